The molecule has 0 amide bonds. The van der Waals surface area contributed by atoms with Gasteiger partial charge in [-0.2, -0.15) is 0 Å². The molecule has 0 aromatic rings. The zero-order valence-corrected chi connectivity index (χ0v) is 60.7. The van der Waals surface area contributed by atoms with Crippen LogP contribution in [0.1, 0.15) is 329 Å². The predicted octanol–water partition coefficient (Wildman–Crippen LogP) is 21.1. The van der Waals surface area contributed by atoms with E-state index in [1.807, 2.05) is 0 Å². The van der Waals surface area contributed by atoms with Gasteiger partial charge in [-0.25, -0.2) is 9.13 Å². The predicted molar refractivity (Wildman–Crippen MR) is 381 cm³/mol. The van der Waals surface area contributed by atoms with E-state index < -0.39 is 91.5 Å². The van der Waals surface area contributed by atoms with Crippen molar-refractivity contribution in [2.75, 3.05) is 39.6 Å². The molecule has 0 rings (SSSR count). The van der Waals surface area contributed by atoms with Gasteiger partial charge >= 0.3 is 33.6 Å². The van der Waals surface area contributed by atoms with E-state index in [0.717, 1.165) is 116 Å². The van der Waals surface area contributed by atoms with Crippen molar-refractivity contribution in [1.29, 1.82) is 0 Å². The van der Waals surface area contributed by atoms with Crippen LogP contribution in [-0.4, -0.2) is 95.9 Å². The topological polar surface area (TPSA) is 231 Å². The van der Waals surface area contributed by atoms with Crippen LogP contribution in [0, 0.1) is 0 Å². The summed E-state index contributed by atoms with van der Waals surface area (Å²) in [6.45, 7) is 2.57. The molecule has 0 saturated heterocycles. The third kappa shape index (κ3) is 70.1. The van der Waals surface area contributed by atoms with E-state index in [1.54, 1.807) is 0 Å². The highest BCUT2D eigenvalue weighted by molar-refractivity contribution is 7.47. The fourth-order valence-corrected chi connectivity index (χ4v) is 11.8. The molecule has 0 aliphatic carbocycles. The van der Waals surface area contributed by atoms with E-state index in [0.29, 0.717) is 19.3 Å². The van der Waals surface area contributed by atoms with E-state index in [9.17, 15) is 43.5 Å². The van der Waals surface area contributed by atoms with Crippen LogP contribution in [0.5, 0.6) is 0 Å². The highest BCUT2D eigenvalue weighted by atomic mass is 31.2. The molecule has 5 atom stereocenters. The number of ether oxygens (including phenoxy) is 3. The molecule has 0 aromatic heterocycles. The molecule has 0 bridgehead atoms. The molecule has 18 heteroatoms. The lowest BCUT2D eigenvalue weighted by atomic mass is 10.0. The number of rotatable bonds is 71. The maximum absolute atomic E-state index is 12.9. The summed E-state index contributed by atoms with van der Waals surface area (Å²) in [6, 6.07) is 0. The molecule has 542 valence electrons. The molecule has 5 unspecified atom stereocenters. The minimum absolute atomic E-state index is 0.109. The van der Waals surface area contributed by atoms with Crippen molar-refractivity contribution in [3.8, 4) is 0 Å². The number of phosphoric ester groups is 2. The van der Waals surface area contributed by atoms with Gasteiger partial charge < -0.3 is 34.2 Å². The van der Waals surface area contributed by atoms with Gasteiger partial charge in [0.25, 0.3) is 0 Å². The summed E-state index contributed by atoms with van der Waals surface area (Å²) >= 11 is 0. The van der Waals surface area contributed by atoms with E-state index in [4.69, 9.17) is 32.3 Å². The van der Waals surface area contributed by atoms with Crippen molar-refractivity contribution < 1.29 is 75.8 Å². The molecular weight excluding hydrogens is 1220 g/mol. The van der Waals surface area contributed by atoms with Crippen molar-refractivity contribution >= 4 is 33.6 Å². The van der Waals surface area contributed by atoms with Crippen LogP contribution >= 0.6 is 15.6 Å². The summed E-state index contributed by atoms with van der Waals surface area (Å²) < 4.78 is 60.9. The monoisotopic (exact) mass is 1350 g/mol. The third-order valence-electron chi connectivity index (χ3n) is 15.9. The lowest BCUT2D eigenvalue weighted by Crippen LogP contribution is -2.30. The number of hydrogen-bond donors (Lipinski definition) is 4. The number of hydrogen-bond acceptors (Lipinski definition) is 14. The zero-order valence-electron chi connectivity index (χ0n) is 58.9. The van der Waals surface area contributed by atoms with Crippen LogP contribution in [0.4, 0.5) is 0 Å². The van der Waals surface area contributed by atoms with Gasteiger partial charge in [0.1, 0.15) is 25.4 Å². The minimum atomic E-state index is -4.92. The first-order chi connectivity index (χ1) is 45.2. The van der Waals surface area contributed by atoms with Crippen LogP contribution < -0.4 is 0 Å². The standard InChI is InChI=1S/C75H136O16P2/c1-4-7-10-13-16-19-22-25-26-27-28-29-30-31-32-33-34-35-36-37-38-39-40-41-42-45-47-49-52-55-58-61-73(78)85-64-70(76)65-87-92(81,82)88-66-71(77)67-89-93(83,84)90-69-72(91-75(80)63-60-57-54-51-48-44-24-21-18-15-12-9-6-3)68-86-74(79)62-59-56-53-50-46-43-23-20-17-14-11-8-5-2/h7,10,16,19-20,23,25-26,28-29,31-32,70-72,76-77H,4-6,8-9,11-15,17-18,21-22,24,27,30,33-69H2,1-3H3,(H,81,82)(H,83,84)/b10-7-,19-16-,23-20-,26-25-,29-28-,32-31-. The van der Waals surface area contributed by atoms with Gasteiger partial charge in [0.2, 0.25) is 0 Å². The summed E-state index contributed by atoms with van der Waals surface area (Å²) in [4.78, 5) is 58.4. The Bertz CT molecular complexity index is 1990. The lowest BCUT2D eigenvalue weighted by molar-refractivity contribution is -0.161. The number of aliphatic hydroxyl groups is 2. The Balaban J connectivity index is 4.35. The summed E-state index contributed by atoms with van der Waals surface area (Å²) in [7, 11) is -9.76. The number of aliphatic hydroxyl groups excluding tert-OH is 2. The Kier molecular flexibility index (Phi) is 66.7. The second-order valence-corrected chi connectivity index (χ2v) is 28.0. The molecule has 0 aromatic carbocycles. The molecule has 0 heterocycles. The van der Waals surface area contributed by atoms with Gasteiger partial charge in [-0.15, -0.1) is 0 Å². The van der Waals surface area contributed by atoms with Gasteiger partial charge in [0.05, 0.1) is 26.4 Å². The second-order valence-electron chi connectivity index (χ2n) is 25.1. The fourth-order valence-electron chi connectivity index (χ4n) is 10.2. The number of allylic oxidation sites excluding steroid dienone is 12. The average molecular weight is 1360 g/mol. The molecule has 0 radical (unpaired) electrons. The van der Waals surface area contributed by atoms with Crippen molar-refractivity contribution in [1.82, 2.24) is 0 Å². The maximum atomic E-state index is 12.9. The van der Waals surface area contributed by atoms with Crippen LogP contribution in [0.2, 0.25) is 0 Å². The zero-order chi connectivity index (χ0) is 68.1. The maximum Gasteiger partial charge on any atom is 0.472 e. The number of carbonyl (C=O) groups is 3. The highest BCUT2D eigenvalue weighted by Gasteiger charge is 2.29. The smallest absolute Gasteiger partial charge is 0.463 e. The van der Waals surface area contributed by atoms with Crippen LogP contribution in [0.15, 0.2) is 72.9 Å². The Labute approximate surface area is 566 Å². The minimum Gasteiger partial charge on any atom is -0.463 e. The Hall–Kier alpha value is -3.01. The molecule has 4 N–H and O–H groups in total. The van der Waals surface area contributed by atoms with E-state index in [2.05, 4.69) is 93.7 Å². The first-order valence-corrected chi connectivity index (χ1v) is 40.2. The third-order valence-corrected chi connectivity index (χ3v) is 17.8. The van der Waals surface area contributed by atoms with Crippen LogP contribution in [0.3, 0.4) is 0 Å². The summed E-state index contributed by atoms with van der Waals surface area (Å²) in [5.74, 6) is -1.57. The first-order valence-electron chi connectivity index (χ1n) is 37.2. The Morgan fingerprint density at radius 3 is 0.925 bits per heavy atom. The normalized spacial score (nSPS) is 14.5. The van der Waals surface area contributed by atoms with Gasteiger partial charge in [-0.1, -0.05) is 293 Å². The summed E-state index contributed by atoms with van der Waals surface area (Å²) in [5, 5.41) is 20.6. The number of phosphoric acid groups is 2. The lowest BCUT2D eigenvalue weighted by Gasteiger charge is -2.21. The van der Waals surface area contributed by atoms with Crippen molar-refractivity contribution in [3.63, 3.8) is 0 Å². The van der Waals surface area contributed by atoms with Crippen LogP contribution in [-0.2, 0) is 55.8 Å². The molecule has 0 aliphatic heterocycles. The average Bonchev–Trinajstić information content (AvgIpc) is 3.55. The van der Waals surface area contributed by atoms with E-state index >= 15 is 0 Å². The fraction of sp³-hybridized carbons (Fsp3) is 0.800. The molecule has 0 aliphatic rings. The molecule has 16 nitrogen and oxygen atoms in total. The van der Waals surface area contributed by atoms with Crippen molar-refractivity contribution in [3.05, 3.63) is 72.9 Å². The summed E-state index contributed by atoms with van der Waals surface area (Å²) in [6.07, 6.45) is 74.0. The number of carbonyl (C=O) groups excluding carboxylic acids is 3. The Morgan fingerprint density at radius 1 is 0.312 bits per heavy atom. The molecular formula is C75H136O16P2. The van der Waals surface area contributed by atoms with Gasteiger partial charge in [0.15, 0.2) is 6.10 Å². The van der Waals surface area contributed by atoms with Crippen molar-refractivity contribution in [2.24, 2.45) is 0 Å². The number of esters is 3. The molecule has 93 heavy (non-hydrogen) atoms. The SMILES string of the molecule is CC/C=C\C/C=C\C/C=C\C/C=C\C/C=C\CCCCCCCCCCCCCCCCCC(=O)OCC(O)COP(=O)(O)OCC(O)COP(=O)(O)OCC(COC(=O)CCCCCCC/C=C\CCCCCC)OC(=O)CCCCCCCCCCCCCCC. The van der Waals surface area contributed by atoms with E-state index in [1.165, 1.54) is 154 Å². The van der Waals surface area contributed by atoms with Gasteiger partial charge in [-0.3, -0.25) is 32.5 Å². The highest BCUT2D eigenvalue weighted by Crippen LogP contribution is 2.45. The molecule has 0 fully saturated rings. The van der Waals surface area contributed by atoms with Crippen molar-refractivity contribution in [2.45, 2.75) is 347 Å². The molecule has 0 spiro atoms. The van der Waals surface area contributed by atoms with Gasteiger partial charge in [0, 0.05) is 19.3 Å². The van der Waals surface area contributed by atoms with Crippen LogP contribution in [0.25, 0.3) is 0 Å². The number of unbranched alkanes of at least 4 members (excludes halogenated alkanes) is 36. The first kappa shape index (κ1) is 90.0. The summed E-state index contributed by atoms with van der Waals surface area (Å²) in [5.41, 5.74) is 0. The Morgan fingerprint density at radius 2 is 0.570 bits per heavy atom. The largest absolute Gasteiger partial charge is 0.472 e. The second kappa shape index (κ2) is 68.9. The molecule has 0 saturated carbocycles. The quantitative estimate of drug-likeness (QED) is 0.0146. The van der Waals surface area contributed by atoms with E-state index in [-0.39, 0.29) is 19.3 Å². The van der Waals surface area contributed by atoms with Gasteiger partial charge in [-0.05, 0) is 89.9 Å².